The highest BCUT2D eigenvalue weighted by Crippen LogP contribution is 2.31. The first kappa shape index (κ1) is 15.7. The minimum Gasteiger partial charge on any atom is -0.370 e. The van der Waals surface area contributed by atoms with E-state index < -0.39 is 5.92 Å². The number of aryl methyl sites for hydroxylation is 2. The van der Waals surface area contributed by atoms with Crippen LogP contribution < -0.4 is 10.6 Å². The second-order valence-corrected chi connectivity index (χ2v) is 6.61. The van der Waals surface area contributed by atoms with Gasteiger partial charge in [0.05, 0.1) is 0 Å². The molecule has 1 fully saturated rings. The van der Waals surface area contributed by atoms with Crippen LogP contribution in [-0.4, -0.2) is 30.5 Å². The fourth-order valence-electron chi connectivity index (χ4n) is 3.45. The number of anilines is 1. The quantitative estimate of drug-likeness (QED) is 0.845. The normalized spacial score (nSPS) is 21.5. The van der Waals surface area contributed by atoms with Crippen molar-refractivity contribution in [3.05, 3.63) is 23.4 Å². The average Bonchev–Trinajstić information content (AvgIpc) is 2.99. The largest absolute Gasteiger partial charge is 0.370 e. The maximum Gasteiger partial charge on any atom is 0.248 e. The summed E-state index contributed by atoms with van der Waals surface area (Å²) in [6.07, 6.45) is 4.20. The second-order valence-electron chi connectivity index (χ2n) is 6.61. The average molecular weight is 309 g/mol. The Kier molecular flexibility index (Phi) is 4.91. The molecule has 1 saturated heterocycles. The molecule has 0 bridgehead atoms. The molecule has 3 nitrogen and oxygen atoms in total. The third-order valence-electron chi connectivity index (χ3n) is 4.68. The molecule has 0 aliphatic carbocycles. The summed E-state index contributed by atoms with van der Waals surface area (Å²) in [5.74, 6) is -1.45. The van der Waals surface area contributed by atoms with Crippen LogP contribution in [0, 0.1) is 5.92 Å². The lowest BCUT2D eigenvalue weighted by atomic mass is 9.96. The van der Waals surface area contributed by atoms with Gasteiger partial charge in [0.25, 0.3) is 0 Å². The Morgan fingerprint density at radius 3 is 3.00 bits per heavy atom. The fraction of sp³-hybridized carbons (Fsp3) is 0.706. The van der Waals surface area contributed by atoms with Crippen molar-refractivity contribution in [2.75, 3.05) is 25.0 Å². The van der Waals surface area contributed by atoms with Crippen molar-refractivity contribution in [3.8, 4) is 0 Å². The smallest absolute Gasteiger partial charge is 0.248 e. The van der Waals surface area contributed by atoms with E-state index in [-0.39, 0.29) is 18.8 Å². The Labute approximate surface area is 130 Å². The highest BCUT2D eigenvalue weighted by Gasteiger charge is 2.33. The lowest BCUT2D eigenvalue weighted by Gasteiger charge is -2.20. The molecule has 0 saturated carbocycles. The van der Waals surface area contributed by atoms with E-state index in [4.69, 9.17) is 0 Å². The van der Waals surface area contributed by atoms with E-state index in [0.29, 0.717) is 12.8 Å². The topological polar surface area (TPSA) is 37.0 Å². The van der Waals surface area contributed by atoms with Crippen LogP contribution in [0.25, 0.3) is 0 Å². The van der Waals surface area contributed by atoms with E-state index in [1.165, 1.54) is 5.56 Å². The Bertz CT molecular complexity index is 499. The van der Waals surface area contributed by atoms with Gasteiger partial charge in [-0.2, -0.15) is 0 Å². The van der Waals surface area contributed by atoms with Crippen molar-refractivity contribution >= 4 is 5.82 Å². The number of aromatic nitrogens is 1. The van der Waals surface area contributed by atoms with Gasteiger partial charge in [0, 0.05) is 25.1 Å². The Hall–Kier alpha value is -1.23. The van der Waals surface area contributed by atoms with Gasteiger partial charge in [0.2, 0.25) is 5.92 Å². The number of nitrogens with one attached hydrogen (secondary N) is 2. The molecule has 1 aromatic rings. The van der Waals surface area contributed by atoms with Gasteiger partial charge in [0.15, 0.2) is 0 Å². The van der Waals surface area contributed by atoms with Crippen LogP contribution in [0.15, 0.2) is 12.1 Å². The molecule has 2 N–H and O–H groups in total. The van der Waals surface area contributed by atoms with Crippen molar-refractivity contribution < 1.29 is 8.78 Å². The summed E-state index contributed by atoms with van der Waals surface area (Å²) in [7, 11) is 0. The molecular weight excluding hydrogens is 284 g/mol. The summed E-state index contributed by atoms with van der Waals surface area (Å²) in [6.45, 7) is 2.58. The molecule has 5 heteroatoms. The van der Waals surface area contributed by atoms with Crippen molar-refractivity contribution in [1.29, 1.82) is 0 Å². The summed E-state index contributed by atoms with van der Waals surface area (Å²) < 4.78 is 28.0. The van der Waals surface area contributed by atoms with Crippen LogP contribution in [0.4, 0.5) is 14.6 Å². The van der Waals surface area contributed by atoms with Gasteiger partial charge < -0.3 is 10.6 Å². The maximum absolute atomic E-state index is 14.0. The number of pyridine rings is 1. The van der Waals surface area contributed by atoms with E-state index in [2.05, 4.69) is 21.7 Å². The zero-order valence-corrected chi connectivity index (χ0v) is 13.0. The van der Waals surface area contributed by atoms with Crippen molar-refractivity contribution in [2.24, 2.45) is 5.92 Å². The minimum absolute atomic E-state index is 0.0270. The number of nitrogens with zero attached hydrogens (tertiary/aromatic N) is 1. The second kappa shape index (κ2) is 6.90. The molecule has 0 unspecified atom stereocenters. The van der Waals surface area contributed by atoms with Crippen molar-refractivity contribution in [3.63, 3.8) is 0 Å². The van der Waals surface area contributed by atoms with E-state index >= 15 is 0 Å². The number of alkyl halides is 2. The van der Waals surface area contributed by atoms with Crippen molar-refractivity contribution in [2.45, 2.75) is 50.9 Å². The third kappa shape index (κ3) is 4.15. The first-order chi connectivity index (χ1) is 10.6. The molecule has 2 aliphatic heterocycles. The fourth-order valence-corrected chi connectivity index (χ4v) is 3.45. The third-order valence-corrected chi connectivity index (χ3v) is 4.68. The molecule has 0 amide bonds. The van der Waals surface area contributed by atoms with Gasteiger partial charge in [-0.1, -0.05) is 6.07 Å². The van der Waals surface area contributed by atoms with Crippen LogP contribution in [0.2, 0.25) is 0 Å². The number of hydrogen-bond donors (Lipinski definition) is 2. The Morgan fingerprint density at radius 2 is 2.18 bits per heavy atom. The maximum atomic E-state index is 14.0. The molecule has 0 aromatic carbocycles. The van der Waals surface area contributed by atoms with Gasteiger partial charge in [0.1, 0.15) is 5.82 Å². The molecule has 3 rings (SSSR count). The summed E-state index contributed by atoms with van der Waals surface area (Å²) >= 11 is 0. The molecular formula is C17H25F2N3. The van der Waals surface area contributed by atoms with Crippen LogP contribution in [0.5, 0.6) is 0 Å². The van der Waals surface area contributed by atoms with E-state index in [1.807, 2.05) is 6.07 Å². The van der Waals surface area contributed by atoms with E-state index in [0.717, 1.165) is 50.4 Å². The first-order valence-electron chi connectivity index (χ1n) is 8.44. The van der Waals surface area contributed by atoms with Gasteiger partial charge in [-0.15, -0.1) is 0 Å². The molecule has 1 aromatic heterocycles. The molecule has 0 spiro atoms. The van der Waals surface area contributed by atoms with Gasteiger partial charge >= 0.3 is 0 Å². The zero-order chi connectivity index (χ0) is 15.4. The lowest BCUT2D eigenvalue weighted by molar-refractivity contribution is -0.0303. The minimum atomic E-state index is -2.54. The number of fused-ring (bicyclic) bond motifs is 1. The predicted molar refractivity (Wildman–Crippen MR) is 84.5 cm³/mol. The van der Waals surface area contributed by atoms with Crippen LogP contribution in [0.1, 0.15) is 43.4 Å². The SMILES string of the molecule is FC(F)(CCCc1ccc2c(n1)NCCC2)C[C@@H]1CCNC1. The highest BCUT2D eigenvalue weighted by molar-refractivity contribution is 5.46. The lowest BCUT2D eigenvalue weighted by Crippen LogP contribution is -2.22. The Balaban J connectivity index is 1.47. The van der Waals surface area contributed by atoms with Crippen LogP contribution in [-0.2, 0) is 12.8 Å². The van der Waals surface area contributed by atoms with Crippen LogP contribution in [0.3, 0.4) is 0 Å². The van der Waals surface area contributed by atoms with Gasteiger partial charge in [-0.3, -0.25) is 0 Å². The van der Waals surface area contributed by atoms with Gasteiger partial charge in [-0.25, -0.2) is 13.8 Å². The first-order valence-corrected chi connectivity index (χ1v) is 8.44. The predicted octanol–water partition coefficient (Wildman–Crippen LogP) is 3.40. The molecule has 122 valence electrons. The summed E-state index contributed by atoms with van der Waals surface area (Å²) in [5, 5.41) is 6.45. The van der Waals surface area contributed by atoms with E-state index in [9.17, 15) is 8.78 Å². The summed E-state index contributed by atoms with van der Waals surface area (Å²) in [5.41, 5.74) is 2.17. The summed E-state index contributed by atoms with van der Waals surface area (Å²) in [6, 6.07) is 4.08. The van der Waals surface area contributed by atoms with E-state index in [1.54, 1.807) is 0 Å². The number of hydrogen-bond acceptors (Lipinski definition) is 3. The molecule has 3 heterocycles. The van der Waals surface area contributed by atoms with Crippen molar-refractivity contribution in [1.82, 2.24) is 10.3 Å². The monoisotopic (exact) mass is 309 g/mol. The zero-order valence-electron chi connectivity index (χ0n) is 13.0. The molecule has 2 aliphatic rings. The number of rotatable bonds is 6. The van der Waals surface area contributed by atoms with Gasteiger partial charge in [-0.05, 0) is 62.7 Å². The van der Waals surface area contributed by atoms with Crippen LogP contribution >= 0.6 is 0 Å². The molecule has 1 atom stereocenters. The summed E-state index contributed by atoms with van der Waals surface area (Å²) in [4.78, 5) is 4.57. The molecule has 0 radical (unpaired) electrons. The Morgan fingerprint density at radius 1 is 1.27 bits per heavy atom. The molecule has 22 heavy (non-hydrogen) atoms. The highest BCUT2D eigenvalue weighted by atomic mass is 19.3. The standard InChI is InChI=1S/C17H25F2N3/c18-17(19,11-13-7-10-20-12-13)8-1-4-15-6-5-14-3-2-9-21-16(14)22-15/h5-6,13,20H,1-4,7-12H2,(H,21,22)/t13-/m0/s1. The number of halogens is 2.